The van der Waals surface area contributed by atoms with Crippen LogP contribution in [0.2, 0.25) is 0 Å². The molecule has 1 aromatic rings. The molecule has 0 bridgehead atoms. The molecule has 1 saturated carbocycles. The molecule has 1 atom stereocenters. The van der Waals surface area contributed by atoms with Gasteiger partial charge in [-0.15, -0.1) is 5.10 Å². The number of piperidine rings is 1. The number of nitrogens with one attached hydrogen (secondary N) is 1. The van der Waals surface area contributed by atoms with Crippen molar-refractivity contribution >= 4 is 10.0 Å². The van der Waals surface area contributed by atoms with Crippen LogP contribution in [0.4, 0.5) is 0 Å². The van der Waals surface area contributed by atoms with Crippen LogP contribution in [0.3, 0.4) is 0 Å². The van der Waals surface area contributed by atoms with Crippen LogP contribution in [0.5, 0.6) is 0 Å². The minimum atomic E-state index is -3.11. The van der Waals surface area contributed by atoms with E-state index in [1.165, 1.54) is 31.9 Å². The Bertz CT molecular complexity index is 597. The third-order valence-electron chi connectivity index (χ3n) is 4.39. The molecule has 2 fully saturated rings. The van der Waals surface area contributed by atoms with E-state index in [1.54, 1.807) is 0 Å². The van der Waals surface area contributed by atoms with Crippen molar-refractivity contribution in [1.82, 2.24) is 29.8 Å². The zero-order chi connectivity index (χ0) is 15.6. The van der Waals surface area contributed by atoms with Gasteiger partial charge >= 0.3 is 0 Å². The molecule has 9 heteroatoms. The van der Waals surface area contributed by atoms with Crippen LogP contribution >= 0.6 is 0 Å². The van der Waals surface area contributed by atoms with Crippen LogP contribution in [-0.2, 0) is 16.6 Å². The molecule has 0 unspecified atom stereocenters. The van der Waals surface area contributed by atoms with E-state index in [1.807, 2.05) is 4.68 Å². The monoisotopic (exact) mass is 328 g/mol. The number of hydrogen-bond acceptors (Lipinski definition) is 6. The van der Waals surface area contributed by atoms with Gasteiger partial charge in [-0.25, -0.2) is 17.8 Å². The second-order valence-electron chi connectivity index (χ2n) is 6.35. The summed E-state index contributed by atoms with van der Waals surface area (Å²) in [5.41, 5.74) is 0. The van der Waals surface area contributed by atoms with E-state index in [2.05, 4.69) is 25.1 Å². The molecule has 1 aromatic heterocycles. The molecule has 2 heterocycles. The molecular formula is C13H24N6O2S. The molecule has 124 valence electrons. The van der Waals surface area contributed by atoms with Crippen molar-refractivity contribution in [3.05, 3.63) is 5.82 Å². The first-order chi connectivity index (χ1) is 10.5. The number of likely N-dealkylation sites (tertiary alicyclic amines) is 1. The lowest BCUT2D eigenvalue weighted by molar-refractivity contribution is 0.127. The molecule has 1 aliphatic heterocycles. The minimum Gasteiger partial charge on any atom is -0.293 e. The summed E-state index contributed by atoms with van der Waals surface area (Å²) in [5, 5.41) is 12.1. The predicted octanol–water partition coefficient (Wildman–Crippen LogP) is 0.302. The molecule has 0 aromatic carbocycles. The van der Waals surface area contributed by atoms with E-state index in [4.69, 9.17) is 0 Å². The maximum absolute atomic E-state index is 11.2. The summed E-state index contributed by atoms with van der Waals surface area (Å²) >= 11 is 0. The van der Waals surface area contributed by atoms with Crippen LogP contribution in [0.1, 0.15) is 50.4 Å². The van der Waals surface area contributed by atoms with Crippen molar-refractivity contribution in [3.63, 3.8) is 0 Å². The molecule has 22 heavy (non-hydrogen) atoms. The normalized spacial score (nSPS) is 23.8. The summed E-state index contributed by atoms with van der Waals surface area (Å²) < 4.78 is 26.9. The highest BCUT2D eigenvalue weighted by Crippen LogP contribution is 2.34. The standard InChI is InChI=1S/C13H24N6O2S/c1-22(20,21)14-8-7-11-4-2-3-9-18(11)10-13-15-16-17-19(13)12-5-6-12/h11-12,14H,2-10H2,1H3/t11-/m1/s1. The third kappa shape index (κ3) is 4.23. The van der Waals surface area contributed by atoms with E-state index in [-0.39, 0.29) is 0 Å². The number of aromatic nitrogens is 4. The molecule has 0 radical (unpaired) electrons. The van der Waals surface area contributed by atoms with Gasteiger partial charge in [0.25, 0.3) is 0 Å². The molecule has 1 saturated heterocycles. The number of hydrogen-bond donors (Lipinski definition) is 1. The Hall–Kier alpha value is -1.06. The van der Waals surface area contributed by atoms with E-state index < -0.39 is 10.0 Å². The molecule has 1 aliphatic carbocycles. The van der Waals surface area contributed by atoms with E-state index in [0.717, 1.165) is 31.8 Å². The van der Waals surface area contributed by atoms with Crippen molar-refractivity contribution in [1.29, 1.82) is 0 Å². The van der Waals surface area contributed by atoms with Crippen molar-refractivity contribution in [2.75, 3.05) is 19.3 Å². The minimum absolute atomic E-state index is 0.396. The Morgan fingerprint density at radius 1 is 1.27 bits per heavy atom. The lowest BCUT2D eigenvalue weighted by Crippen LogP contribution is -2.41. The van der Waals surface area contributed by atoms with Gasteiger partial charge in [-0.2, -0.15) is 0 Å². The summed E-state index contributed by atoms with van der Waals surface area (Å²) in [6, 6.07) is 0.882. The van der Waals surface area contributed by atoms with Crippen LogP contribution in [0.15, 0.2) is 0 Å². The first-order valence-corrected chi connectivity index (χ1v) is 9.87. The fraction of sp³-hybridized carbons (Fsp3) is 0.923. The average molecular weight is 328 g/mol. The van der Waals surface area contributed by atoms with Crippen LogP contribution in [0.25, 0.3) is 0 Å². The predicted molar refractivity (Wildman–Crippen MR) is 81.6 cm³/mol. The summed E-state index contributed by atoms with van der Waals surface area (Å²) in [6.07, 6.45) is 7.86. The van der Waals surface area contributed by atoms with Crippen molar-refractivity contribution in [2.24, 2.45) is 0 Å². The van der Waals surface area contributed by atoms with Gasteiger partial charge in [0.2, 0.25) is 10.0 Å². The van der Waals surface area contributed by atoms with Crippen molar-refractivity contribution in [2.45, 2.75) is 57.2 Å². The number of nitrogens with zero attached hydrogens (tertiary/aromatic N) is 5. The number of sulfonamides is 1. The first-order valence-electron chi connectivity index (χ1n) is 7.98. The topological polar surface area (TPSA) is 93.0 Å². The molecular weight excluding hydrogens is 304 g/mol. The highest BCUT2D eigenvalue weighted by Gasteiger charge is 2.30. The zero-order valence-electron chi connectivity index (χ0n) is 13.0. The maximum Gasteiger partial charge on any atom is 0.208 e. The molecule has 0 spiro atoms. The van der Waals surface area contributed by atoms with Gasteiger partial charge in [0, 0.05) is 12.6 Å². The van der Waals surface area contributed by atoms with Gasteiger partial charge in [0.1, 0.15) is 0 Å². The third-order valence-corrected chi connectivity index (χ3v) is 5.12. The fourth-order valence-corrected chi connectivity index (χ4v) is 3.60. The summed E-state index contributed by atoms with van der Waals surface area (Å²) in [5.74, 6) is 0.936. The highest BCUT2D eigenvalue weighted by atomic mass is 32.2. The van der Waals surface area contributed by atoms with Crippen LogP contribution < -0.4 is 4.72 Å². The van der Waals surface area contributed by atoms with E-state index in [0.29, 0.717) is 18.6 Å². The maximum atomic E-state index is 11.2. The number of rotatable bonds is 7. The zero-order valence-corrected chi connectivity index (χ0v) is 13.8. The molecule has 0 amide bonds. The largest absolute Gasteiger partial charge is 0.293 e. The Kier molecular flexibility index (Phi) is 4.74. The lowest BCUT2D eigenvalue weighted by atomic mass is 9.99. The molecule has 3 rings (SSSR count). The first kappa shape index (κ1) is 15.8. The Morgan fingerprint density at radius 2 is 2.09 bits per heavy atom. The van der Waals surface area contributed by atoms with E-state index >= 15 is 0 Å². The van der Waals surface area contributed by atoms with Gasteiger partial charge in [-0.1, -0.05) is 6.42 Å². The smallest absolute Gasteiger partial charge is 0.208 e. The average Bonchev–Trinajstić information content (AvgIpc) is 3.20. The highest BCUT2D eigenvalue weighted by molar-refractivity contribution is 7.88. The second kappa shape index (κ2) is 6.59. The Balaban J connectivity index is 1.58. The second-order valence-corrected chi connectivity index (χ2v) is 8.18. The fourth-order valence-electron chi connectivity index (χ4n) is 3.11. The molecule has 8 nitrogen and oxygen atoms in total. The van der Waals surface area contributed by atoms with Crippen LogP contribution in [-0.4, -0.2) is 58.9 Å². The molecule has 1 N–H and O–H groups in total. The van der Waals surface area contributed by atoms with Crippen LogP contribution in [0, 0.1) is 0 Å². The quantitative estimate of drug-likeness (QED) is 0.774. The lowest BCUT2D eigenvalue weighted by Gasteiger charge is -2.35. The molecule has 2 aliphatic rings. The van der Waals surface area contributed by atoms with Gasteiger partial charge in [-0.05, 0) is 49.1 Å². The van der Waals surface area contributed by atoms with Gasteiger partial charge < -0.3 is 0 Å². The van der Waals surface area contributed by atoms with Gasteiger partial charge in [-0.3, -0.25) is 4.90 Å². The summed E-state index contributed by atoms with van der Waals surface area (Å²) in [4.78, 5) is 2.40. The summed E-state index contributed by atoms with van der Waals surface area (Å²) in [6.45, 7) is 2.28. The summed E-state index contributed by atoms with van der Waals surface area (Å²) in [7, 11) is -3.11. The van der Waals surface area contributed by atoms with E-state index in [9.17, 15) is 8.42 Å². The van der Waals surface area contributed by atoms with Gasteiger partial charge in [0.15, 0.2) is 5.82 Å². The number of tetrazole rings is 1. The van der Waals surface area contributed by atoms with Crippen molar-refractivity contribution in [3.8, 4) is 0 Å². The van der Waals surface area contributed by atoms with Crippen molar-refractivity contribution < 1.29 is 8.42 Å². The Morgan fingerprint density at radius 3 is 2.82 bits per heavy atom. The SMILES string of the molecule is CS(=O)(=O)NCC[C@H]1CCCCN1Cc1nnnn1C1CC1. The van der Waals surface area contributed by atoms with Gasteiger partial charge in [0.05, 0.1) is 18.8 Å². The Labute approximate surface area is 131 Å².